The summed E-state index contributed by atoms with van der Waals surface area (Å²) < 4.78 is 0. The third kappa shape index (κ3) is 3.80. The largest absolute Gasteiger partial charge is 0.389 e. The molecule has 2 aromatic carbocycles. The molecule has 0 bridgehead atoms. The van der Waals surface area contributed by atoms with Crippen molar-refractivity contribution in [3.8, 4) is 0 Å². The quantitative estimate of drug-likeness (QED) is 0.651. The number of benzene rings is 2. The Labute approximate surface area is 166 Å². The van der Waals surface area contributed by atoms with Crippen LogP contribution in [-0.4, -0.2) is 10.7 Å². The lowest BCUT2D eigenvalue weighted by molar-refractivity contribution is -0.105. The van der Waals surface area contributed by atoms with Gasteiger partial charge in [0.2, 0.25) is 0 Å². The molecule has 0 amide bonds. The fraction of sp³-hybridized carbons (Fsp3) is 0.455. The molecule has 0 aromatic heterocycles. The number of rotatable bonds is 4. The van der Waals surface area contributed by atoms with E-state index in [9.17, 15) is 5.11 Å². The van der Waals surface area contributed by atoms with Crippen molar-refractivity contribution in [1.82, 2.24) is 5.32 Å². The first-order chi connectivity index (χ1) is 12.3. The molecule has 1 aliphatic heterocycles. The summed E-state index contributed by atoms with van der Waals surface area (Å²) in [6, 6.07) is 16.0. The van der Waals surface area contributed by atoms with E-state index >= 15 is 0 Å². The molecule has 1 fully saturated rings. The Bertz CT molecular complexity index is 727. The Morgan fingerprint density at radius 3 is 1.85 bits per heavy atom. The molecule has 0 radical (unpaired) electrons. The Morgan fingerprint density at radius 1 is 0.923 bits per heavy atom. The number of hydrogen-bond acceptors (Lipinski definition) is 2. The molecule has 5 atom stereocenters. The van der Waals surface area contributed by atoms with Gasteiger partial charge in [-0.3, -0.25) is 0 Å². The van der Waals surface area contributed by atoms with E-state index in [-0.39, 0.29) is 23.9 Å². The van der Waals surface area contributed by atoms with Crippen molar-refractivity contribution in [1.29, 1.82) is 0 Å². The van der Waals surface area contributed by atoms with E-state index < -0.39 is 5.60 Å². The molecule has 1 saturated heterocycles. The van der Waals surface area contributed by atoms with Crippen molar-refractivity contribution in [2.45, 2.75) is 51.3 Å². The predicted octanol–water partition coefficient (Wildman–Crippen LogP) is 6.18. The van der Waals surface area contributed by atoms with Gasteiger partial charge in [0.15, 0.2) is 0 Å². The summed E-state index contributed by atoms with van der Waals surface area (Å²) in [7, 11) is 0. The minimum absolute atomic E-state index is 0.0519. The maximum atomic E-state index is 11.5. The summed E-state index contributed by atoms with van der Waals surface area (Å²) in [5.41, 5.74) is 1.53. The van der Waals surface area contributed by atoms with Crippen LogP contribution in [0.4, 0.5) is 0 Å². The maximum absolute atomic E-state index is 11.5. The molecule has 4 heteroatoms. The molecule has 3 rings (SSSR count). The molecule has 2 N–H and O–H groups in total. The summed E-state index contributed by atoms with van der Waals surface area (Å²) in [5.74, 6) is 0.205. The zero-order chi connectivity index (χ0) is 18.9. The van der Waals surface area contributed by atoms with Crippen molar-refractivity contribution < 1.29 is 5.11 Å². The fourth-order valence-corrected chi connectivity index (χ4v) is 4.54. The minimum Gasteiger partial charge on any atom is -0.389 e. The molecule has 0 saturated carbocycles. The molecule has 0 unspecified atom stereocenters. The smallest absolute Gasteiger partial charge is 0.0709 e. The van der Waals surface area contributed by atoms with Crippen LogP contribution < -0.4 is 5.32 Å². The van der Waals surface area contributed by atoms with Gasteiger partial charge in [0.05, 0.1) is 5.60 Å². The molecule has 2 aromatic rings. The van der Waals surface area contributed by atoms with Gasteiger partial charge in [0, 0.05) is 34.0 Å². The third-order valence-electron chi connectivity index (χ3n) is 5.99. The Balaban J connectivity index is 2.01. The highest BCUT2D eigenvalue weighted by Crippen LogP contribution is 2.48. The lowest BCUT2D eigenvalue weighted by Gasteiger charge is -2.52. The van der Waals surface area contributed by atoms with Gasteiger partial charge in [-0.05, 0) is 48.7 Å². The number of aliphatic hydroxyl groups is 1. The van der Waals surface area contributed by atoms with Crippen LogP contribution in [0.3, 0.4) is 0 Å². The first kappa shape index (κ1) is 19.7. The number of hydrogen-bond donors (Lipinski definition) is 2. The summed E-state index contributed by atoms with van der Waals surface area (Å²) >= 11 is 12.1. The van der Waals surface area contributed by atoms with Crippen LogP contribution in [0.2, 0.25) is 10.0 Å². The SMILES string of the molecule is CCC[C@H]1[C@H](c2ccc(Cl)cc2)N[C@@H](c2ccc(Cl)cc2)[C@H](C)[C@]1(C)O. The average molecular weight is 392 g/mol. The standard InChI is InChI=1S/C22H27Cl2NO/c1-4-5-19-21(16-8-12-18(24)13-9-16)25-20(14(2)22(19,3)26)15-6-10-17(23)11-7-15/h6-14,19-21,25-26H,4-5H2,1-3H3/t14-,19-,20+,21-,22-/m0/s1. The van der Waals surface area contributed by atoms with Crippen molar-refractivity contribution in [3.63, 3.8) is 0 Å². The summed E-state index contributed by atoms with van der Waals surface area (Å²) in [6.45, 7) is 6.29. The molecule has 2 nitrogen and oxygen atoms in total. The van der Waals surface area contributed by atoms with Crippen LogP contribution in [-0.2, 0) is 0 Å². The van der Waals surface area contributed by atoms with Gasteiger partial charge in [-0.15, -0.1) is 0 Å². The van der Waals surface area contributed by atoms with Crippen LogP contribution in [0, 0.1) is 11.8 Å². The van der Waals surface area contributed by atoms with E-state index in [1.165, 1.54) is 5.56 Å². The average Bonchev–Trinajstić information content (AvgIpc) is 2.62. The maximum Gasteiger partial charge on any atom is 0.0709 e. The van der Waals surface area contributed by atoms with E-state index in [2.05, 4.69) is 31.3 Å². The minimum atomic E-state index is -0.782. The van der Waals surface area contributed by atoms with Gasteiger partial charge in [-0.25, -0.2) is 0 Å². The van der Waals surface area contributed by atoms with E-state index in [1.807, 2.05) is 43.3 Å². The highest BCUT2D eigenvalue weighted by atomic mass is 35.5. The second-order valence-corrected chi connectivity index (χ2v) is 8.51. The van der Waals surface area contributed by atoms with E-state index in [0.29, 0.717) is 0 Å². The molecule has 1 aliphatic rings. The predicted molar refractivity (Wildman–Crippen MR) is 110 cm³/mol. The second kappa shape index (κ2) is 7.90. The van der Waals surface area contributed by atoms with Gasteiger partial charge in [-0.2, -0.15) is 0 Å². The fourth-order valence-electron chi connectivity index (χ4n) is 4.29. The number of halogens is 2. The van der Waals surface area contributed by atoms with Gasteiger partial charge in [0.1, 0.15) is 0 Å². The molecule has 26 heavy (non-hydrogen) atoms. The van der Waals surface area contributed by atoms with Crippen LogP contribution in [0.25, 0.3) is 0 Å². The van der Waals surface area contributed by atoms with Crippen molar-refractivity contribution in [3.05, 3.63) is 69.7 Å². The molecule has 140 valence electrons. The molecule has 1 heterocycles. The third-order valence-corrected chi connectivity index (χ3v) is 6.50. The summed E-state index contributed by atoms with van der Waals surface area (Å²) in [6.07, 6.45) is 2.00. The summed E-state index contributed by atoms with van der Waals surface area (Å²) in [5, 5.41) is 16.8. The Kier molecular flexibility index (Phi) is 5.98. The molecular formula is C22H27Cl2NO. The van der Waals surface area contributed by atoms with Gasteiger partial charge >= 0.3 is 0 Å². The first-order valence-electron chi connectivity index (χ1n) is 9.34. The van der Waals surface area contributed by atoms with Gasteiger partial charge in [-0.1, -0.05) is 67.7 Å². The van der Waals surface area contributed by atoms with Crippen LogP contribution in [0.5, 0.6) is 0 Å². The Hall–Kier alpha value is -1.06. The van der Waals surface area contributed by atoms with Gasteiger partial charge < -0.3 is 10.4 Å². The molecule has 0 aliphatic carbocycles. The van der Waals surface area contributed by atoms with Crippen LogP contribution in [0.1, 0.15) is 56.8 Å². The monoisotopic (exact) mass is 391 g/mol. The molecule has 0 spiro atoms. The lowest BCUT2D eigenvalue weighted by Crippen LogP contribution is -2.56. The topological polar surface area (TPSA) is 32.3 Å². The highest BCUT2D eigenvalue weighted by Gasteiger charge is 2.49. The number of piperidine rings is 1. The van der Waals surface area contributed by atoms with Gasteiger partial charge in [0.25, 0.3) is 0 Å². The zero-order valence-corrected chi connectivity index (χ0v) is 17.1. The van der Waals surface area contributed by atoms with Crippen LogP contribution in [0.15, 0.2) is 48.5 Å². The van der Waals surface area contributed by atoms with Crippen molar-refractivity contribution in [2.24, 2.45) is 11.8 Å². The Morgan fingerprint density at radius 2 is 1.38 bits per heavy atom. The van der Waals surface area contributed by atoms with E-state index in [4.69, 9.17) is 23.2 Å². The van der Waals surface area contributed by atoms with Crippen LogP contribution >= 0.6 is 23.2 Å². The summed E-state index contributed by atoms with van der Waals surface area (Å²) in [4.78, 5) is 0. The molecular weight excluding hydrogens is 365 g/mol. The van der Waals surface area contributed by atoms with Crippen molar-refractivity contribution >= 4 is 23.2 Å². The normalized spacial score (nSPS) is 31.8. The van der Waals surface area contributed by atoms with Crippen molar-refractivity contribution in [2.75, 3.05) is 0 Å². The zero-order valence-electron chi connectivity index (χ0n) is 15.5. The van der Waals surface area contributed by atoms with E-state index in [1.54, 1.807) is 0 Å². The second-order valence-electron chi connectivity index (χ2n) is 7.63. The highest BCUT2D eigenvalue weighted by molar-refractivity contribution is 6.30. The van der Waals surface area contributed by atoms with E-state index in [0.717, 1.165) is 28.5 Å². The number of nitrogens with one attached hydrogen (secondary N) is 1. The first-order valence-corrected chi connectivity index (χ1v) is 10.1. The lowest BCUT2D eigenvalue weighted by atomic mass is 9.65.